The van der Waals surface area contributed by atoms with Crippen molar-refractivity contribution in [1.82, 2.24) is 0 Å². The van der Waals surface area contributed by atoms with Crippen LogP contribution >= 0.6 is 12.2 Å². The molecule has 1 heterocycles. The van der Waals surface area contributed by atoms with Gasteiger partial charge in [-0.1, -0.05) is 19.1 Å². The van der Waals surface area contributed by atoms with E-state index in [-0.39, 0.29) is 10.6 Å². The van der Waals surface area contributed by atoms with Crippen molar-refractivity contribution in [3.63, 3.8) is 0 Å². The summed E-state index contributed by atoms with van der Waals surface area (Å²) < 4.78 is 27.7. The largest absolute Gasteiger partial charge is 0.389 e. The quantitative estimate of drug-likeness (QED) is 0.838. The van der Waals surface area contributed by atoms with E-state index in [9.17, 15) is 8.78 Å². The minimum absolute atomic E-state index is 0.0309. The Bertz CT molecular complexity index is 468. The first-order valence-electron chi connectivity index (χ1n) is 6.03. The van der Waals surface area contributed by atoms with Crippen LogP contribution < -0.4 is 10.6 Å². The average molecular weight is 270 g/mol. The fraction of sp³-hybridized carbons (Fsp3) is 0.462. The van der Waals surface area contributed by atoms with Crippen molar-refractivity contribution in [1.29, 1.82) is 0 Å². The third kappa shape index (κ3) is 2.46. The van der Waals surface area contributed by atoms with Crippen LogP contribution in [0.5, 0.6) is 0 Å². The van der Waals surface area contributed by atoms with Crippen molar-refractivity contribution in [2.24, 2.45) is 11.7 Å². The van der Waals surface area contributed by atoms with Crippen LogP contribution in [0.4, 0.5) is 14.5 Å². The summed E-state index contributed by atoms with van der Waals surface area (Å²) in [5, 5.41) is 0. The van der Waals surface area contributed by atoms with Crippen molar-refractivity contribution in [2.75, 3.05) is 18.0 Å². The van der Waals surface area contributed by atoms with Crippen molar-refractivity contribution >= 4 is 22.9 Å². The van der Waals surface area contributed by atoms with Crippen molar-refractivity contribution < 1.29 is 8.78 Å². The molecule has 0 atom stereocenters. The van der Waals surface area contributed by atoms with Gasteiger partial charge in [-0.05, 0) is 30.9 Å². The van der Waals surface area contributed by atoms with Crippen LogP contribution in [0.1, 0.15) is 25.3 Å². The van der Waals surface area contributed by atoms with Gasteiger partial charge in [-0.2, -0.15) is 0 Å². The molecule has 0 aliphatic carbocycles. The maximum atomic E-state index is 14.0. The highest BCUT2D eigenvalue weighted by Crippen LogP contribution is 2.28. The van der Waals surface area contributed by atoms with Gasteiger partial charge in [-0.15, -0.1) is 0 Å². The molecule has 98 valence electrons. The second kappa shape index (κ2) is 5.18. The molecule has 0 amide bonds. The Hall–Kier alpha value is -1.23. The lowest BCUT2D eigenvalue weighted by Gasteiger charge is -2.32. The molecular formula is C13H16F2N2S. The summed E-state index contributed by atoms with van der Waals surface area (Å²) in [4.78, 5) is 1.76. The molecule has 2 N–H and O–H groups in total. The van der Waals surface area contributed by atoms with Gasteiger partial charge >= 0.3 is 0 Å². The Balaban J connectivity index is 2.30. The van der Waals surface area contributed by atoms with Crippen LogP contribution in [-0.4, -0.2) is 18.1 Å². The maximum absolute atomic E-state index is 14.0. The van der Waals surface area contributed by atoms with Crippen LogP contribution in [-0.2, 0) is 0 Å². The number of piperidine rings is 1. The van der Waals surface area contributed by atoms with Gasteiger partial charge in [0.15, 0.2) is 11.6 Å². The van der Waals surface area contributed by atoms with Crippen LogP contribution in [0.25, 0.3) is 0 Å². The molecule has 1 fully saturated rings. The van der Waals surface area contributed by atoms with Crippen LogP contribution in [0.3, 0.4) is 0 Å². The Morgan fingerprint density at radius 1 is 1.28 bits per heavy atom. The van der Waals surface area contributed by atoms with E-state index < -0.39 is 11.6 Å². The van der Waals surface area contributed by atoms with E-state index in [1.807, 2.05) is 4.90 Å². The minimum atomic E-state index is -0.946. The summed E-state index contributed by atoms with van der Waals surface area (Å²) in [5.41, 5.74) is 5.62. The van der Waals surface area contributed by atoms with E-state index in [2.05, 4.69) is 19.1 Å². The third-order valence-electron chi connectivity index (χ3n) is 3.45. The SMILES string of the molecule is CC1CCN(c2ccc(C(N)=S)c(F)c2F)CC1. The number of thiocarbonyl (C=S) groups is 1. The first kappa shape index (κ1) is 13.2. The second-order valence-electron chi connectivity index (χ2n) is 4.79. The Labute approximate surface area is 111 Å². The van der Waals surface area contributed by atoms with Crippen LogP contribution in [0.2, 0.25) is 0 Å². The van der Waals surface area contributed by atoms with Crippen LogP contribution in [0, 0.1) is 17.6 Å². The lowest BCUT2D eigenvalue weighted by atomic mass is 9.98. The second-order valence-corrected chi connectivity index (χ2v) is 5.23. The lowest BCUT2D eigenvalue weighted by Crippen LogP contribution is -2.33. The molecule has 18 heavy (non-hydrogen) atoms. The summed E-state index contributed by atoms with van der Waals surface area (Å²) in [6, 6.07) is 3.01. The van der Waals surface area contributed by atoms with Gasteiger partial charge in [0, 0.05) is 18.7 Å². The topological polar surface area (TPSA) is 29.3 Å². The average Bonchev–Trinajstić information content (AvgIpc) is 2.33. The molecule has 0 aromatic heterocycles. The monoisotopic (exact) mass is 270 g/mol. The molecule has 1 saturated heterocycles. The van der Waals surface area contributed by atoms with Gasteiger partial charge in [-0.25, -0.2) is 8.78 Å². The summed E-state index contributed by atoms with van der Waals surface area (Å²) in [6.07, 6.45) is 2.00. The fourth-order valence-electron chi connectivity index (χ4n) is 2.22. The van der Waals surface area contributed by atoms with E-state index >= 15 is 0 Å². The molecule has 5 heteroatoms. The molecule has 0 bridgehead atoms. The predicted molar refractivity (Wildman–Crippen MR) is 72.9 cm³/mol. The summed E-state index contributed by atoms with van der Waals surface area (Å²) >= 11 is 4.68. The van der Waals surface area contributed by atoms with E-state index in [4.69, 9.17) is 5.73 Å². The van der Waals surface area contributed by atoms with Gasteiger partial charge in [0.05, 0.1) is 5.69 Å². The smallest absolute Gasteiger partial charge is 0.182 e. The first-order chi connectivity index (χ1) is 8.50. The highest BCUT2D eigenvalue weighted by molar-refractivity contribution is 7.80. The number of rotatable bonds is 2. The lowest BCUT2D eigenvalue weighted by molar-refractivity contribution is 0.430. The van der Waals surface area contributed by atoms with E-state index in [0.717, 1.165) is 25.9 Å². The number of benzene rings is 1. The zero-order valence-electron chi connectivity index (χ0n) is 10.2. The highest BCUT2D eigenvalue weighted by Gasteiger charge is 2.22. The normalized spacial score (nSPS) is 16.9. The zero-order chi connectivity index (χ0) is 13.3. The molecule has 2 nitrogen and oxygen atoms in total. The Kier molecular flexibility index (Phi) is 3.80. The van der Waals surface area contributed by atoms with Crippen molar-refractivity contribution in [2.45, 2.75) is 19.8 Å². The van der Waals surface area contributed by atoms with Crippen LogP contribution in [0.15, 0.2) is 12.1 Å². The molecule has 1 aliphatic rings. The van der Waals surface area contributed by atoms with Gasteiger partial charge in [0.1, 0.15) is 4.99 Å². The number of halogens is 2. The standard InChI is InChI=1S/C13H16F2N2S/c1-8-4-6-17(7-5-8)10-3-2-9(13(16)18)11(14)12(10)15/h2-3,8H,4-7H2,1H3,(H2,16,18). The Morgan fingerprint density at radius 2 is 1.89 bits per heavy atom. The predicted octanol–water partition coefficient (Wildman–Crippen LogP) is 2.84. The van der Waals surface area contributed by atoms with Gasteiger partial charge in [0.25, 0.3) is 0 Å². The van der Waals surface area contributed by atoms with Crippen molar-refractivity contribution in [3.8, 4) is 0 Å². The summed E-state index contributed by atoms with van der Waals surface area (Å²) in [7, 11) is 0. The van der Waals surface area contributed by atoms with E-state index in [0.29, 0.717) is 11.6 Å². The molecule has 1 aromatic carbocycles. The number of nitrogens with two attached hydrogens (primary N) is 1. The van der Waals surface area contributed by atoms with Gasteiger partial charge < -0.3 is 10.6 Å². The third-order valence-corrected chi connectivity index (χ3v) is 3.67. The van der Waals surface area contributed by atoms with Crippen molar-refractivity contribution in [3.05, 3.63) is 29.3 Å². The summed E-state index contributed by atoms with van der Waals surface area (Å²) in [5.74, 6) is -1.15. The number of nitrogens with zero attached hydrogens (tertiary/aromatic N) is 1. The molecule has 0 spiro atoms. The van der Waals surface area contributed by atoms with Gasteiger partial charge in [-0.3, -0.25) is 0 Å². The molecule has 0 unspecified atom stereocenters. The van der Waals surface area contributed by atoms with Gasteiger partial charge in [0.2, 0.25) is 0 Å². The highest BCUT2D eigenvalue weighted by atomic mass is 32.1. The number of anilines is 1. The maximum Gasteiger partial charge on any atom is 0.182 e. The first-order valence-corrected chi connectivity index (χ1v) is 6.44. The zero-order valence-corrected chi connectivity index (χ0v) is 11.1. The fourth-order valence-corrected chi connectivity index (χ4v) is 2.38. The number of hydrogen-bond donors (Lipinski definition) is 1. The molecule has 1 aromatic rings. The molecular weight excluding hydrogens is 254 g/mol. The minimum Gasteiger partial charge on any atom is -0.389 e. The molecule has 0 radical (unpaired) electrons. The molecule has 2 rings (SSSR count). The Morgan fingerprint density at radius 3 is 2.44 bits per heavy atom. The van der Waals surface area contributed by atoms with E-state index in [1.54, 1.807) is 6.07 Å². The van der Waals surface area contributed by atoms with E-state index in [1.165, 1.54) is 6.07 Å². The molecule has 0 saturated carbocycles. The summed E-state index contributed by atoms with van der Waals surface area (Å²) in [6.45, 7) is 3.68. The molecule has 1 aliphatic heterocycles. The number of hydrogen-bond acceptors (Lipinski definition) is 2.